The van der Waals surface area contributed by atoms with E-state index < -0.39 is 11.2 Å². The highest BCUT2D eigenvalue weighted by atomic mass is 17.2. The first-order valence-electron chi connectivity index (χ1n) is 3.35. The third-order valence-corrected chi connectivity index (χ3v) is 1.61. The van der Waals surface area contributed by atoms with Crippen molar-refractivity contribution in [1.82, 2.24) is 0 Å². The Morgan fingerprint density at radius 3 is 2.92 bits per heavy atom. The van der Waals surface area contributed by atoms with E-state index in [0.29, 0.717) is 11.3 Å². The molecule has 0 amide bonds. The molecule has 0 aromatic heterocycles. The molecule has 0 spiro atoms. The van der Waals surface area contributed by atoms with Crippen LogP contribution in [-0.2, 0) is 4.89 Å². The SMILES string of the molecule is O=[N+]([O-])C1OOc2ccccc21. The molecule has 5 heteroatoms. The van der Waals surface area contributed by atoms with E-state index in [-0.39, 0.29) is 0 Å². The fourth-order valence-electron chi connectivity index (χ4n) is 1.06. The number of benzene rings is 1. The number of para-hydroxylation sites is 1. The van der Waals surface area contributed by atoms with Crippen molar-refractivity contribution in [2.45, 2.75) is 6.23 Å². The van der Waals surface area contributed by atoms with Crippen molar-refractivity contribution in [1.29, 1.82) is 0 Å². The average molecular weight is 167 g/mol. The lowest BCUT2D eigenvalue weighted by Gasteiger charge is -1.95. The number of fused-ring (bicyclic) bond motifs is 1. The van der Waals surface area contributed by atoms with Gasteiger partial charge in [-0.05, 0) is 12.1 Å². The van der Waals surface area contributed by atoms with Crippen molar-refractivity contribution < 1.29 is 14.7 Å². The quantitative estimate of drug-likeness (QED) is 0.359. The van der Waals surface area contributed by atoms with Gasteiger partial charge in [0, 0.05) is 0 Å². The lowest BCUT2D eigenvalue weighted by molar-refractivity contribution is -0.608. The molecule has 5 nitrogen and oxygen atoms in total. The molecule has 0 N–H and O–H groups in total. The Balaban J connectivity index is 2.42. The summed E-state index contributed by atoms with van der Waals surface area (Å²) in [6.45, 7) is 0. The zero-order valence-corrected chi connectivity index (χ0v) is 5.97. The van der Waals surface area contributed by atoms with Gasteiger partial charge >= 0.3 is 6.23 Å². The van der Waals surface area contributed by atoms with E-state index in [1.165, 1.54) is 0 Å². The second-order valence-electron chi connectivity index (χ2n) is 2.36. The van der Waals surface area contributed by atoms with E-state index in [2.05, 4.69) is 9.78 Å². The van der Waals surface area contributed by atoms with Gasteiger partial charge in [0.1, 0.15) is 5.56 Å². The van der Waals surface area contributed by atoms with Crippen molar-refractivity contribution in [3.8, 4) is 5.75 Å². The predicted octanol–water partition coefficient (Wildman–Crippen LogP) is 1.29. The minimum atomic E-state index is -1.18. The van der Waals surface area contributed by atoms with Gasteiger partial charge < -0.3 is 4.89 Å². The molecule has 62 valence electrons. The summed E-state index contributed by atoms with van der Waals surface area (Å²) >= 11 is 0. The van der Waals surface area contributed by atoms with Gasteiger partial charge in [0.05, 0.1) is 4.92 Å². The second kappa shape index (κ2) is 2.46. The minimum absolute atomic E-state index is 0.416. The molecule has 1 aromatic rings. The summed E-state index contributed by atoms with van der Waals surface area (Å²) < 4.78 is 0. The molecule has 1 atom stereocenters. The van der Waals surface area contributed by atoms with Gasteiger partial charge in [0.2, 0.25) is 0 Å². The van der Waals surface area contributed by atoms with Crippen LogP contribution < -0.4 is 4.89 Å². The molecule has 0 bridgehead atoms. The Morgan fingerprint density at radius 1 is 1.42 bits per heavy atom. The second-order valence-corrected chi connectivity index (χ2v) is 2.36. The van der Waals surface area contributed by atoms with Crippen LogP contribution in [0.3, 0.4) is 0 Å². The number of nitrogens with zero attached hydrogens (tertiary/aromatic N) is 1. The van der Waals surface area contributed by atoms with E-state index in [4.69, 9.17) is 0 Å². The smallest absolute Gasteiger partial charge is 0.330 e. The largest absolute Gasteiger partial charge is 0.381 e. The number of hydrogen-bond acceptors (Lipinski definition) is 4. The summed E-state index contributed by atoms with van der Waals surface area (Å²) in [6.07, 6.45) is -1.18. The topological polar surface area (TPSA) is 61.6 Å². The van der Waals surface area contributed by atoms with Crippen LogP contribution in [0, 0.1) is 10.1 Å². The van der Waals surface area contributed by atoms with Gasteiger partial charge in [-0.15, -0.1) is 4.89 Å². The molecular weight excluding hydrogens is 162 g/mol. The van der Waals surface area contributed by atoms with E-state index in [0.717, 1.165) is 0 Å². The standard InChI is InChI=1S/C7H5NO4/c9-8(10)7-5-3-1-2-4-6(5)11-12-7/h1-4,7H. The molecule has 0 aliphatic carbocycles. The van der Waals surface area contributed by atoms with Gasteiger partial charge in [0.25, 0.3) is 0 Å². The molecule has 2 rings (SSSR count). The van der Waals surface area contributed by atoms with Crippen molar-refractivity contribution in [2.24, 2.45) is 0 Å². The molecule has 1 aromatic carbocycles. The van der Waals surface area contributed by atoms with Crippen LogP contribution in [0.15, 0.2) is 24.3 Å². The van der Waals surface area contributed by atoms with Crippen molar-refractivity contribution in [3.05, 3.63) is 39.9 Å². The molecule has 12 heavy (non-hydrogen) atoms. The summed E-state index contributed by atoms with van der Waals surface area (Å²) in [5.41, 5.74) is 0.461. The van der Waals surface area contributed by atoms with E-state index in [1.54, 1.807) is 24.3 Å². The maximum atomic E-state index is 10.4. The van der Waals surface area contributed by atoms with Crippen LogP contribution in [0.4, 0.5) is 0 Å². The zero-order valence-electron chi connectivity index (χ0n) is 5.97. The van der Waals surface area contributed by atoms with Crippen molar-refractivity contribution in [2.75, 3.05) is 0 Å². The van der Waals surface area contributed by atoms with Gasteiger partial charge in [0.15, 0.2) is 5.75 Å². The Bertz CT molecular complexity index is 325. The maximum absolute atomic E-state index is 10.4. The van der Waals surface area contributed by atoms with E-state index in [1.807, 2.05) is 0 Å². The fraction of sp³-hybridized carbons (Fsp3) is 0.143. The number of hydrogen-bond donors (Lipinski definition) is 0. The molecule has 1 aliphatic heterocycles. The highest BCUT2D eigenvalue weighted by Crippen LogP contribution is 2.34. The first kappa shape index (κ1) is 7.05. The highest BCUT2D eigenvalue weighted by Gasteiger charge is 2.35. The molecule has 0 radical (unpaired) electrons. The number of rotatable bonds is 1. The lowest BCUT2D eigenvalue weighted by atomic mass is 10.2. The Hall–Kier alpha value is -1.62. The summed E-state index contributed by atoms with van der Waals surface area (Å²) in [4.78, 5) is 18.9. The Labute approximate surface area is 67.6 Å². The fourth-order valence-corrected chi connectivity index (χ4v) is 1.06. The first-order chi connectivity index (χ1) is 5.79. The summed E-state index contributed by atoms with van der Waals surface area (Å²) in [5.74, 6) is 0.416. The molecule has 0 saturated carbocycles. The molecular formula is C7H5NO4. The summed E-state index contributed by atoms with van der Waals surface area (Å²) in [5, 5.41) is 10.4. The van der Waals surface area contributed by atoms with Crippen molar-refractivity contribution >= 4 is 0 Å². The lowest BCUT2D eigenvalue weighted by Crippen LogP contribution is -2.08. The Kier molecular flexibility index (Phi) is 1.44. The maximum Gasteiger partial charge on any atom is 0.381 e. The van der Waals surface area contributed by atoms with E-state index >= 15 is 0 Å². The average Bonchev–Trinajstić information content (AvgIpc) is 2.47. The monoisotopic (exact) mass is 167 g/mol. The summed E-state index contributed by atoms with van der Waals surface area (Å²) in [6, 6.07) is 6.66. The molecule has 1 heterocycles. The minimum Gasteiger partial charge on any atom is -0.330 e. The Morgan fingerprint density at radius 2 is 2.17 bits per heavy atom. The third-order valence-electron chi connectivity index (χ3n) is 1.61. The molecule has 1 aliphatic rings. The third kappa shape index (κ3) is 0.911. The van der Waals surface area contributed by atoms with Crippen LogP contribution in [0.5, 0.6) is 5.75 Å². The normalized spacial score (nSPS) is 19.8. The highest BCUT2D eigenvalue weighted by molar-refractivity contribution is 5.35. The van der Waals surface area contributed by atoms with Gasteiger partial charge in [-0.25, -0.2) is 0 Å². The predicted molar refractivity (Wildman–Crippen MR) is 37.9 cm³/mol. The van der Waals surface area contributed by atoms with Gasteiger partial charge in [-0.1, -0.05) is 12.1 Å². The molecule has 1 unspecified atom stereocenters. The molecule has 0 saturated heterocycles. The zero-order chi connectivity index (χ0) is 8.55. The van der Waals surface area contributed by atoms with Gasteiger partial charge in [-0.2, -0.15) is 0 Å². The first-order valence-corrected chi connectivity index (χ1v) is 3.35. The van der Waals surface area contributed by atoms with Crippen LogP contribution in [-0.4, -0.2) is 4.92 Å². The van der Waals surface area contributed by atoms with Gasteiger partial charge in [-0.3, -0.25) is 10.1 Å². The van der Waals surface area contributed by atoms with Crippen LogP contribution >= 0.6 is 0 Å². The van der Waals surface area contributed by atoms with Crippen LogP contribution in [0.2, 0.25) is 0 Å². The summed E-state index contributed by atoms with van der Waals surface area (Å²) in [7, 11) is 0. The van der Waals surface area contributed by atoms with Crippen LogP contribution in [0.1, 0.15) is 11.8 Å². The number of nitro groups is 1. The van der Waals surface area contributed by atoms with Crippen LogP contribution in [0.25, 0.3) is 0 Å². The molecule has 0 fully saturated rings. The van der Waals surface area contributed by atoms with Crippen molar-refractivity contribution in [3.63, 3.8) is 0 Å². The van der Waals surface area contributed by atoms with E-state index in [9.17, 15) is 10.1 Å².